The minimum atomic E-state index is -3.76. The molecule has 0 aliphatic heterocycles. The van der Waals surface area contributed by atoms with Gasteiger partial charge in [-0.05, 0) is 46.5 Å². The second kappa shape index (κ2) is 9.59. The first-order valence-electron chi connectivity index (χ1n) is 10.4. The Labute approximate surface area is 194 Å². The summed E-state index contributed by atoms with van der Waals surface area (Å²) < 4.78 is 26.3. The van der Waals surface area contributed by atoms with Gasteiger partial charge in [0.05, 0.1) is 9.79 Å². The first-order chi connectivity index (χ1) is 15.9. The third-order valence-electron chi connectivity index (χ3n) is 5.25. The van der Waals surface area contributed by atoms with Crippen LogP contribution in [0.3, 0.4) is 0 Å². The predicted molar refractivity (Wildman–Crippen MR) is 138 cm³/mol. The summed E-state index contributed by atoms with van der Waals surface area (Å²) >= 11 is 0. The Kier molecular flexibility index (Phi) is 6.43. The molecule has 164 valence electrons. The van der Waals surface area contributed by atoms with Crippen LogP contribution in [-0.4, -0.2) is 8.42 Å². The van der Waals surface area contributed by atoms with Crippen LogP contribution < -0.4 is 11.5 Å². The molecular formula is C28H24N2O2S. The zero-order chi connectivity index (χ0) is 23.3. The first-order valence-corrected chi connectivity index (χ1v) is 11.9. The van der Waals surface area contributed by atoms with Gasteiger partial charge >= 0.3 is 0 Å². The molecule has 0 spiro atoms. The van der Waals surface area contributed by atoms with Gasteiger partial charge < -0.3 is 11.5 Å². The molecule has 0 aromatic heterocycles. The molecular weight excluding hydrogens is 428 g/mol. The highest BCUT2D eigenvalue weighted by molar-refractivity contribution is 7.91. The first kappa shape index (κ1) is 22.1. The Balaban J connectivity index is 1.57. The molecule has 0 aliphatic carbocycles. The molecule has 0 radical (unpaired) electrons. The molecule has 0 saturated carbocycles. The summed E-state index contributed by atoms with van der Waals surface area (Å²) in [5.41, 5.74) is 16.7. The molecule has 0 unspecified atom stereocenters. The van der Waals surface area contributed by atoms with Crippen LogP contribution in [0.15, 0.2) is 107 Å². The van der Waals surface area contributed by atoms with Gasteiger partial charge in [0.15, 0.2) is 0 Å². The van der Waals surface area contributed by atoms with Gasteiger partial charge in [0.2, 0.25) is 9.84 Å². The molecule has 4 rings (SSSR count). The van der Waals surface area contributed by atoms with Crippen LogP contribution in [0.4, 0.5) is 11.4 Å². The van der Waals surface area contributed by atoms with Crippen molar-refractivity contribution in [3.8, 4) is 0 Å². The summed E-state index contributed by atoms with van der Waals surface area (Å²) in [6, 6.07) is 29.1. The van der Waals surface area contributed by atoms with E-state index in [4.69, 9.17) is 11.5 Å². The van der Waals surface area contributed by atoms with E-state index in [0.29, 0.717) is 11.4 Å². The van der Waals surface area contributed by atoms with E-state index < -0.39 is 9.84 Å². The summed E-state index contributed by atoms with van der Waals surface area (Å²) in [7, 11) is -3.76. The van der Waals surface area contributed by atoms with Crippen LogP contribution in [0, 0.1) is 0 Å². The Morgan fingerprint density at radius 1 is 0.515 bits per heavy atom. The van der Waals surface area contributed by atoms with Gasteiger partial charge in [-0.2, -0.15) is 0 Å². The van der Waals surface area contributed by atoms with Crippen molar-refractivity contribution in [1.29, 1.82) is 0 Å². The number of nitrogen functional groups attached to an aromatic ring is 2. The highest BCUT2D eigenvalue weighted by Gasteiger charge is 2.19. The van der Waals surface area contributed by atoms with Crippen molar-refractivity contribution in [3.63, 3.8) is 0 Å². The van der Waals surface area contributed by atoms with Crippen LogP contribution in [0.5, 0.6) is 0 Å². The van der Waals surface area contributed by atoms with E-state index in [1.165, 1.54) is 12.1 Å². The molecule has 4 N–H and O–H groups in total. The lowest BCUT2D eigenvalue weighted by atomic mass is 10.1. The summed E-state index contributed by atoms with van der Waals surface area (Å²) in [6.07, 6.45) is 7.60. The molecule has 0 bridgehead atoms. The topological polar surface area (TPSA) is 86.2 Å². The zero-order valence-corrected chi connectivity index (χ0v) is 18.7. The molecule has 0 fully saturated rings. The number of rotatable bonds is 6. The maximum absolute atomic E-state index is 13.2. The van der Waals surface area contributed by atoms with Gasteiger partial charge in [0.25, 0.3) is 0 Å². The van der Waals surface area contributed by atoms with Crippen LogP contribution in [-0.2, 0) is 9.84 Å². The average Bonchev–Trinajstić information content (AvgIpc) is 2.83. The van der Waals surface area contributed by atoms with E-state index in [0.717, 1.165) is 22.3 Å². The molecule has 0 heterocycles. The number of nitrogens with two attached hydrogens (primary N) is 2. The second-order valence-electron chi connectivity index (χ2n) is 7.57. The van der Waals surface area contributed by atoms with E-state index in [1.54, 1.807) is 24.3 Å². The van der Waals surface area contributed by atoms with Crippen molar-refractivity contribution in [2.24, 2.45) is 0 Å². The molecule has 5 heteroatoms. The Morgan fingerprint density at radius 3 is 1.27 bits per heavy atom. The van der Waals surface area contributed by atoms with Crippen molar-refractivity contribution in [3.05, 3.63) is 119 Å². The van der Waals surface area contributed by atoms with Gasteiger partial charge in [-0.25, -0.2) is 8.42 Å². The standard InChI is InChI=1S/C28H24N2O2S/c29-27-19-25(17-15-23(27)13-11-21-7-3-1-4-8-21)33(31,32)26-18-16-24(28(30)20-26)14-12-22-9-5-2-6-10-22/h1-20H,29-30H2/b13-11-,14-12-. The fourth-order valence-corrected chi connectivity index (χ4v) is 4.71. The lowest BCUT2D eigenvalue weighted by Crippen LogP contribution is -2.05. The highest BCUT2D eigenvalue weighted by Crippen LogP contribution is 2.28. The van der Waals surface area contributed by atoms with Gasteiger partial charge in [-0.15, -0.1) is 0 Å². The normalized spacial score (nSPS) is 11.9. The summed E-state index contributed by atoms with van der Waals surface area (Å²) in [5.74, 6) is 0. The van der Waals surface area contributed by atoms with Gasteiger partial charge in [0.1, 0.15) is 0 Å². The molecule has 33 heavy (non-hydrogen) atoms. The molecule has 4 aromatic carbocycles. The minimum Gasteiger partial charge on any atom is -0.398 e. The number of hydrogen-bond acceptors (Lipinski definition) is 4. The van der Waals surface area contributed by atoms with Gasteiger partial charge in [0, 0.05) is 11.4 Å². The Hall–Kier alpha value is -4.09. The zero-order valence-electron chi connectivity index (χ0n) is 17.9. The van der Waals surface area contributed by atoms with Gasteiger partial charge in [-0.3, -0.25) is 0 Å². The number of sulfone groups is 1. The number of hydrogen-bond donors (Lipinski definition) is 2. The van der Waals surface area contributed by atoms with E-state index in [-0.39, 0.29) is 9.79 Å². The minimum absolute atomic E-state index is 0.129. The highest BCUT2D eigenvalue weighted by atomic mass is 32.2. The van der Waals surface area contributed by atoms with Crippen molar-refractivity contribution in [2.75, 3.05) is 11.5 Å². The summed E-state index contributed by atoms with van der Waals surface area (Å²) in [5, 5.41) is 0. The van der Waals surface area contributed by atoms with E-state index in [9.17, 15) is 8.42 Å². The predicted octanol–water partition coefficient (Wildman–Crippen LogP) is 6.02. The van der Waals surface area contributed by atoms with Crippen molar-refractivity contribution in [2.45, 2.75) is 9.79 Å². The largest absolute Gasteiger partial charge is 0.398 e. The maximum atomic E-state index is 13.2. The van der Waals surface area contributed by atoms with E-state index in [2.05, 4.69) is 0 Å². The van der Waals surface area contributed by atoms with Crippen LogP contribution >= 0.6 is 0 Å². The molecule has 4 aromatic rings. The van der Waals surface area contributed by atoms with Crippen LogP contribution in [0.2, 0.25) is 0 Å². The van der Waals surface area contributed by atoms with Crippen molar-refractivity contribution < 1.29 is 8.42 Å². The maximum Gasteiger partial charge on any atom is 0.206 e. The molecule has 0 amide bonds. The fourth-order valence-electron chi connectivity index (χ4n) is 3.38. The number of anilines is 2. The smallest absolute Gasteiger partial charge is 0.206 e. The molecule has 4 nitrogen and oxygen atoms in total. The monoisotopic (exact) mass is 452 g/mol. The lowest BCUT2D eigenvalue weighted by Gasteiger charge is -2.09. The SMILES string of the molecule is Nc1cc(S(=O)(=O)c2ccc(/C=C\c3ccccc3)c(N)c2)ccc1/C=C\c1ccccc1. The molecule has 0 saturated heterocycles. The van der Waals surface area contributed by atoms with Crippen molar-refractivity contribution in [1.82, 2.24) is 0 Å². The average molecular weight is 453 g/mol. The van der Waals surface area contributed by atoms with Gasteiger partial charge in [-0.1, -0.05) is 97.1 Å². The summed E-state index contributed by atoms with van der Waals surface area (Å²) in [4.78, 5) is 0.257. The van der Waals surface area contributed by atoms with Crippen LogP contribution in [0.1, 0.15) is 22.3 Å². The van der Waals surface area contributed by atoms with E-state index in [1.807, 2.05) is 85.0 Å². The van der Waals surface area contributed by atoms with E-state index >= 15 is 0 Å². The third kappa shape index (κ3) is 5.22. The summed E-state index contributed by atoms with van der Waals surface area (Å²) in [6.45, 7) is 0. The number of benzene rings is 4. The molecule has 0 atom stereocenters. The fraction of sp³-hybridized carbons (Fsp3) is 0. The molecule has 0 aliphatic rings. The van der Waals surface area contributed by atoms with Crippen molar-refractivity contribution >= 4 is 45.5 Å². The Bertz CT molecular complexity index is 1320. The Morgan fingerprint density at radius 2 is 0.909 bits per heavy atom. The lowest BCUT2D eigenvalue weighted by molar-refractivity contribution is 0.596. The van der Waals surface area contributed by atoms with Crippen LogP contribution in [0.25, 0.3) is 24.3 Å². The second-order valence-corrected chi connectivity index (χ2v) is 9.52. The quantitative estimate of drug-likeness (QED) is 0.276. The third-order valence-corrected chi connectivity index (χ3v) is 7.00.